The molecular formula is C13H16Cl4. The second kappa shape index (κ2) is 7.09. The molecule has 0 aliphatic rings. The lowest BCUT2D eigenvalue weighted by Gasteiger charge is -2.29. The molecule has 0 nitrogen and oxygen atoms in total. The van der Waals surface area contributed by atoms with Crippen molar-refractivity contribution < 1.29 is 0 Å². The van der Waals surface area contributed by atoms with Crippen LogP contribution in [0.15, 0.2) is 18.2 Å². The van der Waals surface area contributed by atoms with Crippen LogP contribution in [0.2, 0.25) is 10.0 Å². The molecule has 1 aromatic rings. The van der Waals surface area contributed by atoms with Crippen LogP contribution >= 0.6 is 46.4 Å². The van der Waals surface area contributed by atoms with Crippen molar-refractivity contribution in [1.82, 2.24) is 0 Å². The molecule has 17 heavy (non-hydrogen) atoms. The smallest absolute Gasteiger partial charge is 0.0453 e. The van der Waals surface area contributed by atoms with Crippen molar-refractivity contribution in [3.8, 4) is 0 Å². The SMILES string of the molecule is CCCC(CCl)(CCl)Cc1ccc(Cl)cc1Cl. The quantitative estimate of drug-likeness (QED) is 0.582. The Morgan fingerprint density at radius 2 is 1.76 bits per heavy atom. The van der Waals surface area contributed by atoms with Crippen molar-refractivity contribution in [2.24, 2.45) is 5.41 Å². The summed E-state index contributed by atoms with van der Waals surface area (Å²) in [5, 5.41) is 1.34. The van der Waals surface area contributed by atoms with Gasteiger partial charge in [0, 0.05) is 27.2 Å². The van der Waals surface area contributed by atoms with E-state index in [4.69, 9.17) is 46.4 Å². The molecule has 0 aliphatic heterocycles. The molecule has 0 aliphatic carbocycles. The summed E-state index contributed by atoms with van der Waals surface area (Å²) in [7, 11) is 0. The Labute approximate surface area is 123 Å². The maximum Gasteiger partial charge on any atom is 0.0453 e. The highest BCUT2D eigenvalue weighted by atomic mass is 35.5. The van der Waals surface area contributed by atoms with Crippen molar-refractivity contribution in [2.75, 3.05) is 11.8 Å². The lowest BCUT2D eigenvalue weighted by molar-refractivity contribution is 0.341. The number of halogens is 4. The molecule has 0 aromatic heterocycles. The Morgan fingerprint density at radius 1 is 1.12 bits per heavy atom. The minimum absolute atomic E-state index is 0.0741. The molecule has 0 spiro atoms. The molecule has 0 unspecified atom stereocenters. The van der Waals surface area contributed by atoms with Crippen LogP contribution < -0.4 is 0 Å². The Bertz CT molecular complexity index is 358. The van der Waals surface area contributed by atoms with Gasteiger partial charge in [0.2, 0.25) is 0 Å². The zero-order chi connectivity index (χ0) is 12.9. The van der Waals surface area contributed by atoms with E-state index in [0.717, 1.165) is 24.8 Å². The Balaban J connectivity index is 2.92. The average Bonchev–Trinajstić information content (AvgIpc) is 2.32. The highest BCUT2D eigenvalue weighted by Crippen LogP contribution is 2.34. The largest absolute Gasteiger partial charge is 0.126 e. The normalized spacial score (nSPS) is 11.8. The summed E-state index contributed by atoms with van der Waals surface area (Å²) in [6.45, 7) is 2.14. The molecule has 0 radical (unpaired) electrons. The first-order valence-electron chi connectivity index (χ1n) is 5.63. The van der Waals surface area contributed by atoms with Gasteiger partial charge in [-0.25, -0.2) is 0 Å². The maximum absolute atomic E-state index is 6.18. The van der Waals surface area contributed by atoms with E-state index in [1.165, 1.54) is 0 Å². The zero-order valence-corrected chi connectivity index (χ0v) is 12.8. The topological polar surface area (TPSA) is 0 Å². The molecular weight excluding hydrogens is 298 g/mol. The Hall–Kier alpha value is 0.380. The van der Waals surface area contributed by atoms with Gasteiger partial charge < -0.3 is 0 Å². The van der Waals surface area contributed by atoms with Crippen LogP contribution in [-0.2, 0) is 6.42 Å². The molecule has 0 saturated heterocycles. The second-order valence-electron chi connectivity index (χ2n) is 4.43. The van der Waals surface area contributed by atoms with E-state index < -0.39 is 0 Å². The van der Waals surface area contributed by atoms with E-state index in [2.05, 4.69) is 6.92 Å². The van der Waals surface area contributed by atoms with E-state index in [1.54, 1.807) is 6.07 Å². The van der Waals surface area contributed by atoms with E-state index in [9.17, 15) is 0 Å². The fraction of sp³-hybridized carbons (Fsp3) is 0.538. The zero-order valence-electron chi connectivity index (χ0n) is 9.78. The van der Waals surface area contributed by atoms with Crippen LogP contribution in [0, 0.1) is 5.41 Å². The second-order valence-corrected chi connectivity index (χ2v) is 5.81. The third-order valence-corrected chi connectivity index (χ3v) is 4.65. The minimum Gasteiger partial charge on any atom is -0.126 e. The average molecular weight is 314 g/mol. The molecule has 96 valence electrons. The van der Waals surface area contributed by atoms with E-state index in [0.29, 0.717) is 21.8 Å². The Morgan fingerprint density at radius 3 is 2.24 bits per heavy atom. The predicted molar refractivity (Wildman–Crippen MR) is 78.9 cm³/mol. The minimum atomic E-state index is -0.0741. The van der Waals surface area contributed by atoms with E-state index in [-0.39, 0.29) is 5.41 Å². The summed E-state index contributed by atoms with van der Waals surface area (Å²) in [4.78, 5) is 0. The molecule has 0 bridgehead atoms. The van der Waals surface area contributed by atoms with Crippen LogP contribution in [0.1, 0.15) is 25.3 Å². The molecule has 0 N–H and O–H groups in total. The third-order valence-electron chi connectivity index (χ3n) is 2.93. The highest BCUT2D eigenvalue weighted by Gasteiger charge is 2.28. The highest BCUT2D eigenvalue weighted by molar-refractivity contribution is 6.35. The molecule has 1 rings (SSSR count). The van der Waals surface area contributed by atoms with Gasteiger partial charge in [-0.3, -0.25) is 0 Å². The van der Waals surface area contributed by atoms with Crippen molar-refractivity contribution in [1.29, 1.82) is 0 Å². The molecule has 0 saturated carbocycles. The summed E-state index contributed by atoms with van der Waals surface area (Å²) in [6, 6.07) is 5.56. The molecule has 0 heterocycles. The molecule has 1 aromatic carbocycles. The summed E-state index contributed by atoms with van der Waals surface area (Å²) in [6.07, 6.45) is 2.85. The summed E-state index contributed by atoms with van der Waals surface area (Å²) >= 11 is 24.2. The van der Waals surface area contributed by atoms with Gasteiger partial charge in [-0.05, 0) is 30.5 Å². The molecule has 0 amide bonds. The van der Waals surface area contributed by atoms with Crippen molar-refractivity contribution in [2.45, 2.75) is 26.2 Å². The van der Waals surface area contributed by atoms with Crippen LogP contribution in [0.25, 0.3) is 0 Å². The number of alkyl halides is 2. The van der Waals surface area contributed by atoms with Gasteiger partial charge in [0.1, 0.15) is 0 Å². The van der Waals surface area contributed by atoms with Crippen LogP contribution in [0.4, 0.5) is 0 Å². The van der Waals surface area contributed by atoms with Gasteiger partial charge in [0.05, 0.1) is 0 Å². The maximum atomic E-state index is 6.18. The van der Waals surface area contributed by atoms with Gasteiger partial charge in [0.25, 0.3) is 0 Å². The lowest BCUT2D eigenvalue weighted by Crippen LogP contribution is -2.28. The van der Waals surface area contributed by atoms with Crippen LogP contribution in [0.3, 0.4) is 0 Å². The Kier molecular flexibility index (Phi) is 6.44. The fourth-order valence-electron chi connectivity index (χ4n) is 1.95. The van der Waals surface area contributed by atoms with Crippen LogP contribution in [0.5, 0.6) is 0 Å². The first kappa shape index (κ1) is 15.4. The number of hydrogen-bond acceptors (Lipinski definition) is 0. The lowest BCUT2D eigenvalue weighted by atomic mass is 9.81. The van der Waals surface area contributed by atoms with E-state index in [1.807, 2.05) is 12.1 Å². The van der Waals surface area contributed by atoms with Gasteiger partial charge in [-0.2, -0.15) is 0 Å². The fourth-order valence-corrected chi connectivity index (χ4v) is 3.17. The number of rotatable bonds is 6. The van der Waals surface area contributed by atoms with E-state index >= 15 is 0 Å². The van der Waals surface area contributed by atoms with Crippen LogP contribution in [-0.4, -0.2) is 11.8 Å². The van der Waals surface area contributed by atoms with Gasteiger partial charge in [0.15, 0.2) is 0 Å². The van der Waals surface area contributed by atoms with Crippen molar-refractivity contribution in [3.05, 3.63) is 33.8 Å². The summed E-state index contributed by atoms with van der Waals surface area (Å²) in [5.41, 5.74) is 0.987. The number of hydrogen-bond donors (Lipinski definition) is 0. The third kappa shape index (κ3) is 4.21. The van der Waals surface area contributed by atoms with Gasteiger partial charge >= 0.3 is 0 Å². The first-order valence-corrected chi connectivity index (χ1v) is 7.45. The molecule has 0 atom stereocenters. The summed E-state index contributed by atoms with van der Waals surface area (Å²) < 4.78 is 0. The standard InChI is InChI=1S/C13H16Cl4/c1-2-5-13(8-14,9-15)7-10-3-4-11(16)6-12(10)17/h3-4,6H,2,5,7-9H2,1H3. The monoisotopic (exact) mass is 312 g/mol. The van der Waals surface area contributed by atoms with Gasteiger partial charge in [-0.15, -0.1) is 23.2 Å². The van der Waals surface area contributed by atoms with Crippen molar-refractivity contribution in [3.63, 3.8) is 0 Å². The van der Waals surface area contributed by atoms with Gasteiger partial charge in [-0.1, -0.05) is 42.6 Å². The molecule has 0 fully saturated rings. The first-order chi connectivity index (χ1) is 8.06. The number of benzene rings is 1. The van der Waals surface area contributed by atoms with Crippen molar-refractivity contribution >= 4 is 46.4 Å². The summed E-state index contributed by atoms with van der Waals surface area (Å²) in [5.74, 6) is 1.09. The molecule has 4 heteroatoms. The predicted octanol–water partition coefficient (Wildman–Crippen LogP) is 5.80.